The van der Waals surface area contributed by atoms with Crippen molar-refractivity contribution in [2.75, 3.05) is 5.73 Å². The standard InChI is InChI=1S/C12H12BrN3/c13-9-3-1-2-4-11(9)16-12(14)7-10(15-16)8-5-6-8/h1-4,7-8H,5-6,14H2. The number of hydrogen-bond acceptors (Lipinski definition) is 2. The Morgan fingerprint density at radius 2 is 2.06 bits per heavy atom. The molecule has 1 aromatic carbocycles. The van der Waals surface area contributed by atoms with Gasteiger partial charge in [0.1, 0.15) is 5.82 Å². The molecule has 3 rings (SSSR count). The molecule has 0 radical (unpaired) electrons. The Hall–Kier alpha value is -1.29. The summed E-state index contributed by atoms with van der Waals surface area (Å²) in [5.74, 6) is 1.33. The second kappa shape index (κ2) is 3.63. The smallest absolute Gasteiger partial charge is 0.127 e. The van der Waals surface area contributed by atoms with Crippen LogP contribution >= 0.6 is 15.9 Å². The predicted octanol–water partition coefficient (Wildman–Crippen LogP) is 3.09. The Labute approximate surface area is 102 Å². The van der Waals surface area contributed by atoms with Crippen molar-refractivity contribution >= 4 is 21.7 Å². The SMILES string of the molecule is Nc1cc(C2CC2)nn1-c1ccccc1Br. The van der Waals surface area contributed by atoms with Crippen LogP contribution < -0.4 is 5.73 Å². The summed E-state index contributed by atoms with van der Waals surface area (Å²) in [6.45, 7) is 0. The molecule has 1 fully saturated rings. The van der Waals surface area contributed by atoms with Crippen LogP contribution in [0, 0.1) is 0 Å². The van der Waals surface area contributed by atoms with E-state index in [0.29, 0.717) is 11.7 Å². The van der Waals surface area contributed by atoms with Gasteiger partial charge in [-0.15, -0.1) is 0 Å². The van der Waals surface area contributed by atoms with Gasteiger partial charge >= 0.3 is 0 Å². The van der Waals surface area contributed by atoms with E-state index in [1.165, 1.54) is 12.8 Å². The number of para-hydroxylation sites is 1. The lowest BCUT2D eigenvalue weighted by Crippen LogP contribution is -2.02. The Bertz CT molecular complexity index is 529. The maximum absolute atomic E-state index is 5.99. The molecule has 0 saturated heterocycles. The molecule has 82 valence electrons. The molecule has 3 nitrogen and oxygen atoms in total. The van der Waals surface area contributed by atoms with Crippen LogP contribution in [0.1, 0.15) is 24.5 Å². The van der Waals surface area contributed by atoms with Gasteiger partial charge in [0.2, 0.25) is 0 Å². The Balaban J connectivity index is 2.08. The average Bonchev–Trinajstić information content (AvgIpc) is 3.04. The van der Waals surface area contributed by atoms with E-state index in [9.17, 15) is 0 Å². The minimum absolute atomic E-state index is 0.631. The molecule has 0 unspecified atom stereocenters. The first-order valence-corrected chi connectivity index (χ1v) is 6.15. The van der Waals surface area contributed by atoms with E-state index in [1.54, 1.807) is 4.68 Å². The Morgan fingerprint density at radius 1 is 1.31 bits per heavy atom. The molecule has 2 aromatic rings. The van der Waals surface area contributed by atoms with Gasteiger partial charge < -0.3 is 5.73 Å². The topological polar surface area (TPSA) is 43.8 Å². The third-order valence-corrected chi connectivity index (χ3v) is 3.50. The summed E-state index contributed by atoms with van der Waals surface area (Å²) in [4.78, 5) is 0. The largest absolute Gasteiger partial charge is 0.384 e. The molecule has 16 heavy (non-hydrogen) atoms. The lowest BCUT2D eigenvalue weighted by atomic mass is 10.3. The number of nitrogens with zero attached hydrogens (tertiary/aromatic N) is 2. The normalized spacial score (nSPS) is 15.3. The van der Waals surface area contributed by atoms with Crippen LogP contribution in [0.2, 0.25) is 0 Å². The van der Waals surface area contributed by atoms with Gasteiger partial charge in [-0.3, -0.25) is 0 Å². The maximum atomic E-state index is 5.99. The Kier molecular flexibility index (Phi) is 2.24. The molecule has 1 aliphatic rings. The first-order chi connectivity index (χ1) is 7.75. The first kappa shape index (κ1) is 9.90. The van der Waals surface area contributed by atoms with Gasteiger partial charge in [0, 0.05) is 16.5 Å². The average molecular weight is 278 g/mol. The van der Waals surface area contributed by atoms with E-state index in [0.717, 1.165) is 15.9 Å². The third-order valence-electron chi connectivity index (χ3n) is 2.83. The van der Waals surface area contributed by atoms with Gasteiger partial charge in [-0.1, -0.05) is 12.1 Å². The fraction of sp³-hybridized carbons (Fsp3) is 0.250. The predicted molar refractivity (Wildman–Crippen MR) is 67.7 cm³/mol. The first-order valence-electron chi connectivity index (χ1n) is 5.36. The summed E-state index contributed by atoms with van der Waals surface area (Å²) in [7, 11) is 0. The monoisotopic (exact) mass is 277 g/mol. The molecule has 1 aliphatic carbocycles. The lowest BCUT2D eigenvalue weighted by molar-refractivity contribution is 0.841. The molecule has 0 spiro atoms. The number of rotatable bonds is 2. The summed E-state index contributed by atoms with van der Waals surface area (Å²) in [5, 5.41) is 4.56. The molecule has 0 amide bonds. The van der Waals surface area contributed by atoms with E-state index in [1.807, 2.05) is 30.3 Å². The van der Waals surface area contributed by atoms with E-state index < -0.39 is 0 Å². The molecule has 2 N–H and O–H groups in total. The van der Waals surface area contributed by atoms with Crippen molar-refractivity contribution in [2.24, 2.45) is 0 Å². The highest BCUT2D eigenvalue weighted by molar-refractivity contribution is 9.10. The molecule has 0 aliphatic heterocycles. The van der Waals surface area contributed by atoms with Gasteiger partial charge in [0.15, 0.2) is 0 Å². The van der Waals surface area contributed by atoms with Crippen molar-refractivity contribution in [3.8, 4) is 5.69 Å². The van der Waals surface area contributed by atoms with E-state index in [-0.39, 0.29) is 0 Å². The zero-order valence-electron chi connectivity index (χ0n) is 8.73. The summed E-state index contributed by atoms with van der Waals surface area (Å²) < 4.78 is 2.81. The van der Waals surface area contributed by atoms with Gasteiger partial charge in [-0.05, 0) is 40.9 Å². The van der Waals surface area contributed by atoms with Crippen molar-refractivity contribution in [1.82, 2.24) is 9.78 Å². The Morgan fingerprint density at radius 3 is 2.75 bits per heavy atom. The van der Waals surface area contributed by atoms with Crippen molar-refractivity contribution < 1.29 is 0 Å². The second-order valence-electron chi connectivity index (χ2n) is 4.13. The van der Waals surface area contributed by atoms with Crippen LogP contribution in [0.5, 0.6) is 0 Å². The number of hydrogen-bond donors (Lipinski definition) is 1. The molecular formula is C12H12BrN3. The summed E-state index contributed by atoms with van der Waals surface area (Å²) >= 11 is 3.51. The third kappa shape index (κ3) is 1.63. The van der Waals surface area contributed by atoms with Crippen molar-refractivity contribution in [1.29, 1.82) is 0 Å². The molecule has 0 atom stereocenters. The van der Waals surface area contributed by atoms with Crippen LogP contribution in [-0.2, 0) is 0 Å². The maximum Gasteiger partial charge on any atom is 0.127 e. The molecule has 1 aromatic heterocycles. The van der Waals surface area contributed by atoms with Crippen LogP contribution in [0.4, 0.5) is 5.82 Å². The van der Waals surface area contributed by atoms with Crippen LogP contribution in [0.25, 0.3) is 5.69 Å². The van der Waals surface area contributed by atoms with Gasteiger partial charge in [-0.2, -0.15) is 5.10 Å². The summed E-state index contributed by atoms with van der Waals surface area (Å²) in [6.07, 6.45) is 2.48. The van der Waals surface area contributed by atoms with Crippen LogP contribution in [0.15, 0.2) is 34.8 Å². The zero-order chi connectivity index (χ0) is 11.1. The highest BCUT2D eigenvalue weighted by Crippen LogP contribution is 2.40. The fourth-order valence-corrected chi connectivity index (χ4v) is 2.26. The van der Waals surface area contributed by atoms with Crippen molar-refractivity contribution in [3.63, 3.8) is 0 Å². The molecular weight excluding hydrogens is 266 g/mol. The minimum Gasteiger partial charge on any atom is -0.384 e. The summed E-state index contributed by atoms with van der Waals surface area (Å²) in [5.41, 5.74) is 8.10. The van der Waals surface area contributed by atoms with Gasteiger partial charge in [-0.25, -0.2) is 4.68 Å². The number of nitrogens with two attached hydrogens (primary N) is 1. The molecule has 4 heteroatoms. The molecule has 1 saturated carbocycles. The van der Waals surface area contributed by atoms with E-state index in [2.05, 4.69) is 21.0 Å². The van der Waals surface area contributed by atoms with Gasteiger partial charge in [0.25, 0.3) is 0 Å². The van der Waals surface area contributed by atoms with Gasteiger partial charge in [0.05, 0.1) is 11.4 Å². The molecule has 1 heterocycles. The van der Waals surface area contributed by atoms with Crippen LogP contribution in [-0.4, -0.2) is 9.78 Å². The highest BCUT2D eigenvalue weighted by Gasteiger charge is 2.27. The minimum atomic E-state index is 0.631. The van der Waals surface area contributed by atoms with E-state index in [4.69, 9.17) is 5.73 Å². The number of aromatic nitrogens is 2. The van der Waals surface area contributed by atoms with Crippen molar-refractivity contribution in [3.05, 3.63) is 40.5 Å². The number of nitrogen functional groups attached to an aromatic ring is 1. The second-order valence-corrected chi connectivity index (χ2v) is 4.99. The zero-order valence-corrected chi connectivity index (χ0v) is 10.3. The quantitative estimate of drug-likeness (QED) is 0.917. The lowest BCUT2D eigenvalue weighted by Gasteiger charge is -2.05. The number of halogens is 1. The van der Waals surface area contributed by atoms with Crippen molar-refractivity contribution in [2.45, 2.75) is 18.8 Å². The molecule has 0 bridgehead atoms. The fourth-order valence-electron chi connectivity index (χ4n) is 1.81. The van der Waals surface area contributed by atoms with Crippen LogP contribution in [0.3, 0.4) is 0 Å². The number of anilines is 1. The highest BCUT2D eigenvalue weighted by atomic mass is 79.9. The number of benzene rings is 1. The summed E-state index contributed by atoms with van der Waals surface area (Å²) in [6, 6.07) is 9.95. The van der Waals surface area contributed by atoms with E-state index >= 15 is 0 Å².